The number of sulfonamides is 1. The van der Waals surface area contributed by atoms with Gasteiger partial charge in [0.1, 0.15) is 22.6 Å². The molecule has 4 rings (SSSR count). The molecule has 1 aromatic heterocycles. The Bertz CT molecular complexity index is 1390. The van der Waals surface area contributed by atoms with Crippen LogP contribution in [0.5, 0.6) is 5.75 Å². The van der Waals surface area contributed by atoms with Crippen LogP contribution in [0.4, 0.5) is 10.1 Å². The lowest BCUT2D eigenvalue weighted by molar-refractivity contribution is 0.176. The van der Waals surface area contributed by atoms with E-state index >= 15 is 0 Å². The summed E-state index contributed by atoms with van der Waals surface area (Å²) in [5.41, 5.74) is 7.89. The molecule has 0 amide bonds. The molecular weight excluding hydrogens is 514 g/mol. The summed E-state index contributed by atoms with van der Waals surface area (Å²) in [7, 11) is -4.09. The molecule has 186 valence electrons. The zero-order valence-electron chi connectivity index (χ0n) is 19.4. The Kier molecular flexibility index (Phi) is 7.15. The lowest BCUT2D eigenvalue weighted by Gasteiger charge is -2.37. The molecular formula is C24H25Cl2FN4O3S. The van der Waals surface area contributed by atoms with Gasteiger partial charge in [-0.25, -0.2) is 12.8 Å². The number of aromatic nitrogens is 2. The number of halogens is 3. The maximum atomic E-state index is 14.4. The van der Waals surface area contributed by atoms with Gasteiger partial charge in [-0.1, -0.05) is 41.4 Å². The van der Waals surface area contributed by atoms with Gasteiger partial charge in [-0.05, 0) is 56.2 Å². The number of nitrogens with zero attached hydrogens (tertiary/aromatic N) is 3. The molecule has 35 heavy (non-hydrogen) atoms. The molecule has 0 fully saturated rings. The number of aryl methyl sites for hydroxylation is 1. The second-order valence-corrected chi connectivity index (χ2v) is 10.9. The van der Waals surface area contributed by atoms with Crippen LogP contribution in [0.25, 0.3) is 11.6 Å². The number of hydrogen-bond donors (Lipinski definition) is 1. The number of ether oxygens (including phenoxy) is 1. The van der Waals surface area contributed by atoms with Crippen molar-refractivity contribution in [3.05, 3.63) is 69.7 Å². The van der Waals surface area contributed by atoms with E-state index in [2.05, 4.69) is 5.10 Å². The minimum Gasteiger partial charge on any atom is -0.485 e. The van der Waals surface area contributed by atoms with E-state index in [1.54, 1.807) is 44.2 Å². The molecule has 2 heterocycles. The Morgan fingerprint density at radius 2 is 2.09 bits per heavy atom. The van der Waals surface area contributed by atoms with Crippen LogP contribution in [0.2, 0.25) is 10.2 Å². The number of benzene rings is 2. The van der Waals surface area contributed by atoms with Gasteiger partial charge in [-0.15, -0.1) is 0 Å². The van der Waals surface area contributed by atoms with Crippen molar-refractivity contribution in [3.8, 4) is 5.75 Å². The molecule has 2 N–H and O–H groups in total. The maximum absolute atomic E-state index is 14.4. The van der Waals surface area contributed by atoms with E-state index in [1.165, 1.54) is 27.3 Å². The van der Waals surface area contributed by atoms with E-state index in [4.69, 9.17) is 33.7 Å². The molecule has 2 atom stereocenters. The molecule has 1 aliphatic rings. The summed E-state index contributed by atoms with van der Waals surface area (Å²) in [5.74, 6) is -0.0843. The predicted octanol–water partition coefficient (Wildman–Crippen LogP) is 5.21. The summed E-state index contributed by atoms with van der Waals surface area (Å²) in [6.45, 7) is 5.77. The summed E-state index contributed by atoms with van der Waals surface area (Å²) < 4.78 is 50.6. The highest BCUT2D eigenvalue weighted by atomic mass is 35.5. The van der Waals surface area contributed by atoms with Gasteiger partial charge in [0.25, 0.3) is 10.0 Å². The molecule has 7 nitrogen and oxygen atoms in total. The van der Waals surface area contributed by atoms with Gasteiger partial charge in [-0.2, -0.15) is 5.10 Å². The van der Waals surface area contributed by atoms with E-state index < -0.39 is 28.0 Å². The molecule has 0 bridgehead atoms. The zero-order valence-corrected chi connectivity index (χ0v) is 21.7. The van der Waals surface area contributed by atoms with E-state index in [1.807, 2.05) is 6.92 Å². The van der Waals surface area contributed by atoms with Crippen molar-refractivity contribution >= 4 is 50.6 Å². The first-order chi connectivity index (χ1) is 16.5. The van der Waals surface area contributed by atoms with Crippen molar-refractivity contribution in [2.45, 2.75) is 44.4 Å². The number of nitrogens with two attached hydrogens (primary N) is 1. The second-order valence-electron chi connectivity index (χ2n) is 8.34. The van der Waals surface area contributed by atoms with Crippen molar-refractivity contribution in [2.75, 3.05) is 10.8 Å². The summed E-state index contributed by atoms with van der Waals surface area (Å²) in [4.78, 5) is -0.104. The Labute approximate surface area is 213 Å². The van der Waals surface area contributed by atoms with Gasteiger partial charge in [-0.3, -0.25) is 8.99 Å². The van der Waals surface area contributed by atoms with Crippen LogP contribution in [-0.2, 0) is 16.6 Å². The van der Waals surface area contributed by atoms with E-state index in [-0.39, 0.29) is 27.2 Å². The Morgan fingerprint density at radius 3 is 2.71 bits per heavy atom. The lowest BCUT2D eigenvalue weighted by atomic mass is 10.0. The Hall–Kier alpha value is -2.59. The highest BCUT2D eigenvalue weighted by Gasteiger charge is 2.38. The second kappa shape index (κ2) is 9.81. The standard InChI is InChI=1S/C24H25Cl2FN4O3S/c1-4-30-13-22(24(26)29-30)35(32,33)31-12-21(15(3)28)34-20-9-8-16(11-19(20)31)10-14(2)23-17(25)6-5-7-18(23)27/h5-11,13,15,21H,4,12,28H2,1-3H3/b14-10+/t15-,21-/m1/s1. The molecule has 0 unspecified atom stereocenters. The van der Waals surface area contributed by atoms with Gasteiger partial charge >= 0.3 is 0 Å². The molecule has 0 saturated carbocycles. The molecule has 2 aromatic carbocycles. The molecule has 0 spiro atoms. The fourth-order valence-electron chi connectivity index (χ4n) is 3.91. The lowest BCUT2D eigenvalue weighted by Crippen LogP contribution is -2.50. The topological polar surface area (TPSA) is 90.5 Å². The minimum absolute atomic E-state index is 0.00801. The molecule has 11 heteroatoms. The quantitative estimate of drug-likeness (QED) is 0.435. The van der Waals surface area contributed by atoms with Crippen LogP contribution < -0.4 is 14.8 Å². The summed E-state index contributed by atoms with van der Waals surface area (Å²) in [6, 6.07) is 9.15. The van der Waals surface area contributed by atoms with Gasteiger partial charge in [0, 0.05) is 24.3 Å². The average Bonchev–Trinajstić information content (AvgIpc) is 3.19. The van der Waals surface area contributed by atoms with Gasteiger partial charge < -0.3 is 10.5 Å². The number of rotatable bonds is 6. The SMILES string of the molecule is CCn1cc(S(=O)(=O)N2C[C@H]([C@@H](C)N)Oc3ccc(/C=C(\C)c4c(F)cccc4Cl)cc32)c(Cl)n1. The molecule has 3 aromatic rings. The van der Waals surface area contributed by atoms with Gasteiger partial charge in [0.15, 0.2) is 5.15 Å². The van der Waals surface area contributed by atoms with Crippen LogP contribution in [0, 0.1) is 5.82 Å². The largest absolute Gasteiger partial charge is 0.485 e. The molecule has 0 saturated heterocycles. The van der Waals surface area contributed by atoms with E-state index in [9.17, 15) is 12.8 Å². The molecule has 0 radical (unpaired) electrons. The van der Waals surface area contributed by atoms with Crippen LogP contribution in [-0.4, -0.2) is 36.9 Å². The van der Waals surface area contributed by atoms with Crippen LogP contribution in [0.15, 0.2) is 47.5 Å². The summed E-state index contributed by atoms with van der Waals surface area (Å²) in [6.07, 6.45) is 2.56. The first-order valence-electron chi connectivity index (χ1n) is 11.0. The Balaban J connectivity index is 1.82. The number of allylic oxidation sites excluding steroid dienone is 1. The normalized spacial score (nSPS) is 17.2. The fraction of sp³-hybridized carbons (Fsp3) is 0.292. The summed E-state index contributed by atoms with van der Waals surface area (Å²) in [5, 5.41) is 4.24. The summed E-state index contributed by atoms with van der Waals surface area (Å²) >= 11 is 12.4. The number of hydrogen-bond acceptors (Lipinski definition) is 5. The van der Waals surface area contributed by atoms with Crippen molar-refractivity contribution in [3.63, 3.8) is 0 Å². The van der Waals surface area contributed by atoms with Crippen LogP contribution in [0.1, 0.15) is 31.9 Å². The first-order valence-corrected chi connectivity index (χ1v) is 13.2. The highest BCUT2D eigenvalue weighted by Crippen LogP contribution is 2.40. The van der Waals surface area contributed by atoms with Crippen molar-refractivity contribution < 1.29 is 17.5 Å². The van der Waals surface area contributed by atoms with E-state index in [0.29, 0.717) is 29.1 Å². The number of fused-ring (bicyclic) bond motifs is 1. The third kappa shape index (κ3) is 4.91. The zero-order chi connectivity index (χ0) is 25.5. The van der Waals surface area contributed by atoms with Gasteiger partial charge in [0.2, 0.25) is 0 Å². The monoisotopic (exact) mass is 538 g/mol. The maximum Gasteiger partial charge on any atom is 0.269 e. The predicted molar refractivity (Wildman–Crippen MR) is 137 cm³/mol. The first kappa shape index (κ1) is 25.5. The van der Waals surface area contributed by atoms with Crippen molar-refractivity contribution in [2.24, 2.45) is 5.73 Å². The third-order valence-corrected chi connectivity index (χ3v) is 8.27. The smallest absolute Gasteiger partial charge is 0.269 e. The number of anilines is 1. The van der Waals surface area contributed by atoms with Crippen molar-refractivity contribution in [1.82, 2.24) is 9.78 Å². The van der Waals surface area contributed by atoms with Gasteiger partial charge in [0.05, 0.1) is 17.3 Å². The highest BCUT2D eigenvalue weighted by molar-refractivity contribution is 7.93. The Morgan fingerprint density at radius 1 is 1.34 bits per heavy atom. The molecule has 1 aliphatic heterocycles. The van der Waals surface area contributed by atoms with Crippen LogP contribution >= 0.6 is 23.2 Å². The minimum atomic E-state index is -4.09. The van der Waals surface area contributed by atoms with E-state index in [0.717, 1.165) is 0 Å². The fourth-order valence-corrected chi connectivity index (χ4v) is 6.15. The third-order valence-electron chi connectivity index (χ3n) is 5.78. The molecule has 0 aliphatic carbocycles. The average molecular weight is 539 g/mol. The van der Waals surface area contributed by atoms with Crippen LogP contribution in [0.3, 0.4) is 0 Å². The van der Waals surface area contributed by atoms with Crippen molar-refractivity contribution in [1.29, 1.82) is 0 Å².